The molecule has 0 atom stereocenters. The van der Waals surface area contributed by atoms with Crippen molar-refractivity contribution in [3.8, 4) is 5.75 Å². The molecule has 0 aliphatic carbocycles. The minimum Gasteiger partial charge on any atom is -0.492 e. The summed E-state index contributed by atoms with van der Waals surface area (Å²) < 4.78 is 45.7. The highest BCUT2D eigenvalue weighted by Gasteiger charge is 2.52. The van der Waals surface area contributed by atoms with Crippen molar-refractivity contribution in [3.05, 3.63) is 28.1 Å². The molecule has 11 heteroatoms. The van der Waals surface area contributed by atoms with E-state index in [9.17, 15) is 23.2 Å². The summed E-state index contributed by atoms with van der Waals surface area (Å²) in [6, 6.07) is 2.61. The second-order valence-electron chi connectivity index (χ2n) is 7.12. The third-order valence-corrected chi connectivity index (χ3v) is 6.62. The SMILES string of the molecule is Cc1c(C(F)(F)P(=O)(O)O)sc2c(OCCCC(C)(C)O)cc(C(N)=O)cc12. The van der Waals surface area contributed by atoms with Crippen molar-refractivity contribution in [1.82, 2.24) is 0 Å². The van der Waals surface area contributed by atoms with Gasteiger partial charge in [-0.25, -0.2) is 0 Å². The zero-order valence-corrected chi connectivity index (χ0v) is 17.2. The molecule has 7 nitrogen and oxygen atoms in total. The molecule has 1 heterocycles. The molecule has 0 aliphatic heterocycles. The molecule has 5 N–H and O–H groups in total. The van der Waals surface area contributed by atoms with Crippen molar-refractivity contribution < 1.29 is 37.8 Å². The second kappa shape index (κ2) is 7.68. The zero-order valence-electron chi connectivity index (χ0n) is 15.5. The van der Waals surface area contributed by atoms with Gasteiger partial charge in [0.15, 0.2) is 0 Å². The number of carbonyl (C=O) groups is 1. The first-order valence-corrected chi connectivity index (χ1v) is 10.7. The van der Waals surface area contributed by atoms with Gasteiger partial charge in [0, 0.05) is 10.9 Å². The Balaban J connectivity index is 2.52. The number of aliphatic hydroxyl groups is 1. The molecule has 1 aromatic carbocycles. The summed E-state index contributed by atoms with van der Waals surface area (Å²) in [5.41, 5.74) is 0.00191. The molecule has 0 radical (unpaired) electrons. The van der Waals surface area contributed by atoms with E-state index < -0.39 is 29.6 Å². The van der Waals surface area contributed by atoms with Crippen molar-refractivity contribution >= 4 is 34.9 Å². The Morgan fingerprint density at radius 3 is 2.43 bits per heavy atom. The average molecular weight is 437 g/mol. The maximum atomic E-state index is 14.3. The van der Waals surface area contributed by atoms with E-state index in [0.29, 0.717) is 24.2 Å². The van der Waals surface area contributed by atoms with Crippen LogP contribution in [0.25, 0.3) is 10.1 Å². The van der Waals surface area contributed by atoms with Gasteiger partial charge in [-0.15, -0.1) is 11.3 Å². The number of amides is 1. The van der Waals surface area contributed by atoms with E-state index in [1.807, 2.05) is 0 Å². The number of alkyl halides is 2. The highest BCUT2D eigenvalue weighted by atomic mass is 32.1. The molecule has 0 unspecified atom stereocenters. The van der Waals surface area contributed by atoms with Gasteiger partial charge in [0.2, 0.25) is 5.91 Å². The number of nitrogens with two attached hydrogens (primary N) is 1. The Labute approximate surface area is 164 Å². The summed E-state index contributed by atoms with van der Waals surface area (Å²) in [5.74, 6) is -0.681. The summed E-state index contributed by atoms with van der Waals surface area (Å²) in [4.78, 5) is 28.9. The molecule has 2 rings (SSSR count). The van der Waals surface area contributed by atoms with E-state index in [4.69, 9.17) is 20.3 Å². The van der Waals surface area contributed by atoms with Crippen molar-refractivity contribution in [1.29, 1.82) is 0 Å². The van der Waals surface area contributed by atoms with Crippen molar-refractivity contribution in [3.63, 3.8) is 0 Å². The minimum atomic E-state index is -5.75. The van der Waals surface area contributed by atoms with Gasteiger partial charge in [-0.1, -0.05) is 0 Å². The number of carbonyl (C=O) groups excluding carboxylic acids is 1. The standard InChI is InChI=1S/C17H22F2NO6PS/c1-9-11-7-10(15(20)21)8-12(26-6-4-5-16(2,3)22)13(11)28-14(9)17(18,19)27(23,24)25/h7-8,22H,4-6H2,1-3H3,(H2,20,21)(H2,23,24,25). The van der Waals surface area contributed by atoms with Crippen LogP contribution in [0.5, 0.6) is 5.75 Å². The number of ether oxygens (including phenoxy) is 1. The molecule has 1 amide bonds. The summed E-state index contributed by atoms with van der Waals surface area (Å²) in [5, 5.41) is 9.95. The Morgan fingerprint density at radius 2 is 1.93 bits per heavy atom. The van der Waals surface area contributed by atoms with Gasteiger partial charge in [0.05, 0.1) is 21.8 Å². The number of hydrogen-bond donors (Lipinski definition) is 4. The fourth-order valence-corrected chi connectivity index (χ4v) is 4.70. The predicted octanol–water partition coefficient (Wildman–Crippen LogP) is 3.47. The monoisotopic (exact) mass is 437 g/mol. The van der Waals surface area contributed by atoms with E-state index in [1.165, 1.54) is 19.1 Å². The Hall–Kier alpha value is -1.58. The smallest absolute Gasteiger partial charge is 0.400 e. The first-order valence-electron chi connectivity index (χ1n) is 8.31. The van der Waals surface area contributed by atoms with E-state index in [0.717, 1.165) is 0 Å². The summed E-state index contributed by atoms with van der Waals surface area (Å²) in [7, 11) is -5.75. The normalized spacial score (nSPS) is 13.1. The molecule has 0 fully saturated rings. The van der Waals surface area contributed by atoms with Gasteiger partial charge in [-0.05, 0) is 51.3 Å². The maximum Gasteiger partial charge on any atom is 0.400 e. The number of aryl methyl sites for hydroxylation is 1. The molecule has 0 bridgehead atoms. The second-order valence-corrected chi connectivity index (χ2v) is 9.79. The van der Waals surface area contributed by atoms with Gasteiger partial charge in [0.1, 0.15) is 5.75 Å². The molecular weight excluding hydrogens is 415 g/mol. The Bertz CT molecular complexity index is 947. The number of fused-ring (bicyclic) bond motifs is 1. The maximum absolute atomic E-state index is 14.3. The molecule has 2 aromatic rings. The minimum absolute atomic E-state index is 0.0249. The number of primary amides is 1. The lowest BCUT2D eigenvalue weighted by atomic mass is 10.0. The van der Waals surface area contributed by atoms with Crippen LogP contribution in [0.1, 0.15) is 47.5 Å². The lowest BCUT2D eigenvalue weighted by Crippen LogP contribution is -2.19. The van der Waals surface area contributed by atoms with Crippen LogP contribution < -0.4 is 10.5 Å². The van der Waals surface area contributed by atoms with E-state index in [-0.39, 0.29) is 33.6 Å². The van der Waals surface area contributed by atoms with E-state index >= 15 is 0 Å². The third kappa shape index (κ3) is 4.69. The number of halogens is 2. The van der Waals surface area contributed by atoms with Crippen LogP contribution in [-0.4, -0.2) is 33.0 Å². The van der Waals surface area contributed by atoms with E-state index in [2.05, 4.69) is 0 Å². The van der Waals surface area contributed by atoms with Gasteiger partial charge < -0.3 is 25.4 Å². The average Bonchev–Trinajstić information content (AvgIpc) is 2.87. The summed E-state index contributed by atoms with van der Waals surface area (Å²) >= 11 is 0.500. The molecule has 28 heavy (non-hydrogen) atoms. The van der Waals surface area contributed by atoms with Crippen LogP contribution in [0.4, 0.5) is 8.78 Å². The Morgan fingerprint density at radius 1 is 1.32 bits per heavy atom. The van der Waals surface area contributed by atoms with Crippen LogP contribution in [-0.2, 0) is 10.2 Å². The van der Waals surface area contributed by atoms with E-state index in [1.54, 1.807) is 13.8 Å². The van der Waals surface area contributed by atoms with Crippen LogP contribution >= 0.6 is 18.9 Å². The number of benzene rings is 1. The lowest BCUT2D eigenvalue weighted by Gasteiger charge is -2.17. The largest absolute Gasteiger partial charge is 0.492 e. The van der Waals surface area contributed by atoms with Crippen molar-refractivity contribution in [2.75, 3.05) is 6.61 Å². The highest BCUT2D eigenvalue weighted by Crippen LogP contribution is 2.62. The zero-order chi connectivity index (χ0) is 21.5. The van der Waals surface area contributed by atoms with Crippen LogP contribution in [0.2, 0.25) is 0 Å². The first kappa shape index (κ1) is 22.7. The van der Waals surface area contributed by atoms with Gasteiger partial charge in [-0.2, -0.15) is 8.78 Å². The van der Waals surface area contributed by atoms with Crippen molar-refractivity contribution in [2.24, 2.45) is 5.73 Å². The van der Waals surface area contributed by atoms with Gasteiger partial charge >= 0.3 is 13.3 Å². The highest BCUT2D eigenvalue weighted by molar-refractivity contribution is 7.53. The fraction of sp³-hybridized carbons (Fsp3) is 0.471. The quantitative estimate of drug-likeness (QED) is 0.370. The topological polar surface area (TPSA) is 130 Å². The molecule has 1 aromatic heterocycles. The molecule has 156 valence electrons. The van der Waals surface area contributed by atoms with Crippen LogP contribution in [0.3, 0.4) is 0 Å². The van der Waals surface area contributed by atoms with Crippen molar-refractivity contribution in [2.45, 2.75) is 44.9 Å². The van der Waals surface area contributed by atoms with Gasteiger partial charge in [0.25, 0.3) is 0 Å². The fourth-order valence-electron chi connectivity index (χ4n) is 2.64. The van der Waals surface area contributed by atoms with Crippen LogP contribution in [0, 0.1) is 6.92 Å². The molecular formula is C17H22F2NO6PS. The summed E-state index contributed by atoms with van der Waals surface area (Å²) in [6.07, 6.45) is 0.887. The van der Waals surface area contributed by atoms with Crippen LogP contribution in [0.15, 0.2) is 12.1 Å². The third-order valence-electron chi connectivity index (χ3n) is 4.12. The molecule has 0 spiro atoms. The molecule has 0 aliphatic rings. The summed E-state index contributed by atoms with van der Waals surface area (Å²) in [6.45, 7) is 4.71. The van der Waals surface area contributed by atoms with Gasteiger partial charge in [-0.3, -0.25) is 9.36 Å². The molecule has 0 saturated carbocycles. The predicted molar refractivity (Wildman–Crippen MR) is 102 cm³/mol. The Kier molecular flexibility index (Phi) is 6.23. The first-order chi connectivity index (χ1) is 12.6. The number of rotatable bonds is 8. The lowest BCUT2D eigenvalue weighted by molar-refractivity contribution is 0.0596. The number of hydrogen-bond acceptors (Lipinski definition) is 5. The molecule has 0 saturated heterocycles. The number of thiophene rings is 1.